The second-order valence-corrected chi connectivity index (χ2v) is 5.69. The molecule has 0 fully saturated rings. The highest BCUT2D eigenvalue weighted by molar-refractivity contribution is 6.04. The molecule has 0 bridgehead atoms. The second-order valence-electron chi connectivity index (χ2n) is 5.69. The smallest absolute Gasteiger partial charge is 0.344 e. The molecule has 0 aliphatic heterocycles. The highest BCUT2D eigenvalue weighted by Gasteiger charge is 2.13. The molecule has 1 aromatic heterocycles. The fraction of sp³-hybridized carbons (Fsp3) is 0.167. The minimum Gasteiger partial charge on any atom is -0.423 e. The van der Waals surface area contributed by atoms with Crippen LogP contribution in [0.25, 0.3) is 10.9 Å². The first-order valence-corrected chi connectivity index (χ1v) is 7.60. The highest BCUT2D eigenvalue weighted by atomic mass is 16.5. The first-order chi connectivity index (χ1) is 11.5. The normalized spacial score (nSPS) is 10.8. The number of hydrogen-bond donors (Lipinski definition) is 2. The Morgan fingerprint density at radius 3 is 2.58 bits per heavy atom. The van der Waals surface area contributed by atoms with Crippen molar-refractivity contribution >= 4 is 28.5 Å². The molecule has 0 aliphatic carbocycles. The zero-order valence-corrected chi connectivity index (χ0v) is 13.4. The maximum atomic E-state index is 12.3. The van der Waals surface area contributed by atoms with Gasteiger partial charge in [0.05, 0.1) is 17.3 Å². The predicted molar refractivity (Wildman–Crippen MR) is 91.0 cm³/mol. The third-order valence-electron chi connectivity index (χ3n) is 3.56. The molecule has 3 aromatic rings. The molecule has 0 radical (unpaired) electrons. The maximum Gasteiger partial charge on any atom is 0.344 e. The molecule has 0 saturated carbocycles. The van der Waals surface area contributed by atoms with Crippen molar-refractivity contribution in [1.82, 2.24) is 10.2 Å². The largest absolute Gasteiger partial charge is 0.423 e. The van der Waals surface area contributed by atoms with Gasteiger partial charge in [0, 0.05) is 17.0 Å². The molecule has 0 unspecified atom stereocenters. The first kappa shape index (κ1) is 15.7. The zero-order chi connectivity index (χ0) is 17.1. The van der Waals surface area contributed by atoms with Gasteiger partial charge >= 0.3 is 5.97 Å². The number of esters is 1. The van der Waals surface area contributed by atoms with Gasteiger partial charge in [0.2, 0.25) is 5.91 Å². The SMILES string of the molecule is CC(C)C(=O)Nc1ccc(OC(=O)c2cccc3[nH]ncc23)cc1. The number of anilines is 1. The maximum absolute atomic E-state index is 12.3. The van der Waals surface area contributed by atoms with Gasteiger partial charge in [-0.05, 0) is 36.4 Å². The number of nitrogens with zero attached hydrogens (tertiary/aromatic N) is 1. The molecule has 0 spiro atoms. The predicted octanol–water partition coefficient (Wildman–Crippen LogP) is 3.38. The van der Waals surface area contributed by atoms with Crippen LogP contribution in [-0.4, -0.2) is 22.1 Å². The standard InChI is InChI=1S/C18H17N3O3/c1-11(2)17(22)20-12-6-8-13(9-7-12)24-18(23)14-4-3-5-16-15(14)10-19-21-16/h3-11H,1-2H3,(H,19,21)(H,20,22). The van der Waals surface area contributed by atoms with E-state index in [2.05, 4.69) is 15.5 Å². The van der Waals surface area contributed by atoms with Gasteiger partial charge in [0.15, 0.2) is 0 Å². The van der Waals surface area contributed by atoms with Gasteiger partial charge in [-0.1, -0.05) is 19.9 Å². The number of fused-ring (bicyclic) bond motifs is 1. The molecule has 0 atom stereocenters. The van der Waals surface area contributed by atoms with E-state index in [-0.39, 0.29) is 11.8 Å². The van der Waals surface area contributed by atoms with E-state index in [1.165, 1.54) is 0 Å². The van der Waals surface area contributed by atoms with Crippen LogP contribution in [0, 0.1) is 5.92 Å². The first-order valence-electron chi connectivity index (χ1n) is 7.60. The van der Waals surface area contributed by atoms with Gasteiger partial charge in [0.1, 0.15) is 5.75 Å². The lowest BCUT2D eigenvalue weighted by molar-refractivity contribution is -0.118. The van der Waals surface area contributed by atoms with E-state index < -0.39 is 5.97 Å². The van der Waals surface area contributed by atoms with E-state index in [4.69, 9.17) is 4.74 Å². The van der Waals surface area contributed by atoms with Gasteiger partial charge < -0.3 is 10.1 Å². The van der Waals surface area contributed by atoms with Crippen LogP contribution in [0.2, 0.25) is 0 Å². The number of benzene rings is 2. The van der Waals surface area contributed by atoms with Gasteiger partial charge in [0.25, 0.3) is 0 Å². The number of rotatable bonds is 4. The number of carbonyl (C=O) groups is 2. The average molecular weight is 323 g/mol. The quantitative estimate of drug-likeness (QED) is 0.569. The molecule has 0 aliphatic rings. The van der Waals surface area contributed by atoms with Gasteiger partial charge in [-0.3, -0.25) is 9.89 Å². The van der Waals surface area contributed by atoms with Crippen molar-refractivity contribution in [3.8, 4) is 5.75 Å². The van der Waals surface area contributed by atoms with Crippen LogP contribution in [-0.2, 0) is 4.79 Å². The van der Waals surface area contributed by atoms with Crippen LogP contribution in [0.15, 0.2) is 48.7 Å². The Bertz CT molecular complexity index is 882. The number of carbonyl (C=O) groups excluding carboxylic acids is 2. The lowest BCUT2D eigenvalue weighted by Gasteiger charge is -2.09. The van der Waals surface area contributed by atoms with E-state index in [0.29, 0.717) is 22.4 Å². The number of aromatic nitrogens is 2. The third kappa shape index (κ3) is 3.27. The summed E-state index contributed by atoms with van der Waals surface area (Å²) in [6, 6.07) is 12.0. The summed E-state index contributed by atoms with van der Waals surface area (Å²) in [7, 11) is 0. The van der Waals surface area contributed by atoms with E-state index >= 15 is 0 Å². The average Bonchev–Trinajstić information content (AvgIpc) is 3.05. The Morgan fingerprint density at radius 2 is 1.88 bits per heavy atom. The van der Waals surface area contributed by atoms with E-state index in [1.807, 2.05) is 19.9 Å². The van der Waals surface area contributed by atoms with Crippen molar-refractivity contribution in [2.45, 2.75) is 13.8 Å². The summed E-state index contributed by atoms with van der Waals surface area (Å²) in [5.74, 6) is -0.214. The molecule has 2 aromatic carbocycles. The summed E-state index contributed by atoms with van der Waals surface area (Å²) in [4.78, 5) is 24.0. The number of amides is 1. The molecule has 24 heavy (non-hydrogen) atoms. The van der Waals surface area contributed by atoms with Crippen LogP contribution < -0.4 is 10.1 Å². The molecule has 1 amide bonds. The summed E-state index contributed by atoms with van der Waals surface area (Å²) in [5.41, 5.74) is 1.88. The summed E-state index contributed by atoms with van der Waals surface area (Å²) in [6.45, 7) is 3.64. The molecule has 6 nitrogen and oxygen atoms in total. The topological polar surface area (TPSA) is 84.1 Å². The molecule has 0 saturated heterocycles. The number of hydrogen-bond acceptors (Lipinski definition) is 4. The van der Waals surface area contributed by atoms with Crippen molar-refractivity contribution in [3.05, 3.63) is 54.2 Å². The summed E-state index contributed by atoms with van der Waals surface area (Å²) in [5, 5.41) is 10.2. The van der Waals surface area contributed by atoms with Crippen LogP contribution >= 0.6 is 0 Å². The summed E-state index contributed by atoms with van der Waals surface area (Å²) < 4.78 is 5.39. The molecule has 1 heterocycles. The molecular formula is C18H17N3O3. The van der Waals surface area contributed by atoms with Gasteiger partial charge in [-0.2, -0.15) is 5.10 Å². The number of H-pyrrole nitrogens is 1. The number of ether oxygens (including phenoxy) is 1. The number of aromatic amines is 1. The highest BCUT2D eigenvalue weighted by Crippen LogP contribution is 2.21. The lowest BCUT2D eigenvalue weighted by atomic mass is 10.1. The molecule has 6 heteroatoms. The minimum absolute atomic E-state index is 0.0635. The molecule has 2 N–H and O–H groups in total. The van der Waals surface area contributed by atoms with E-state index in [1.54, 1.807) is 42.6 Å². The molecule has 122 valence electrons. The summed E-state index contributed by atoms with van der Waals surface area (Å²) in [6.07, 6.45) is 1.59. The summed E-state index contributed by atoms with van der Waals surface area (Å²) >= 11 is 0. The van der Waals surface area contributed by atoms with Crippen molar-refractivity contribution < 1.29 is 14.3 Å². The molecule has 3 rings (SSSR count). The molecular weight excluding hydrogens is 306 g/mol. The van der Waals surface area contributed by atoms with E-state index in [9.17, 15) is 9.59 Å². The Hall–Kier alpha value is -3.15. The van der Waals surface area contributed by atoms with Crippen LogP contribution in [0.1, 0.15) is 24.2 Å². The third-order valence-corrected chi connectivity index (χ3v) is 3.56. The lowest BCUT2D eigenvalue weighted by Crippen LogP contribution is -2.17. The Labute approximate surface area is 138 Å². The van der Waals surface area contributed by atoms with Crippen LogP contribution in [0.4, 0.5) is 5.69 Å². The number of nitrogens with one attached hydrogen (secondary N) is 2. The fourth-order valence-corrected chi connectivity index (χ4v) is 2.20. The second kappa shape index (κ2) is 6.54. The van der Waals surface area contributed by atoms with Crippen molar-refractivity contribution in [2.75, 3.05) is 5.32 Å². The van der Waals surface area contributed by atoms with Crippen LogP contribution in [0.3, 0.4) is 0 Å². The zero-order valence-electron chi connectivity index (χ0n) is 13.4. The minimum atomic E-state index is -0.457. The monoisotopic (exact) mass is 323 g/mol. The van der Waals surface area contributed by atoms with Gasteiger partial charge in [-0.15, -0.1) is 0 Å². The van der Waals surface area contributed by atoms with E-state index in [0.717, 1.165) is 5.52 Å². The van der Waals surface area contributed by atoms with Crippen molar-refractivity contribution in [2.24, 2.45) is 5.92 Å². The van der Waals surface area contributed by atoms with Gasteiger partial charge in [-0.25, -0.2) is 4.79 Å². The van der Waals surface area contributed by atoms with Crippen LogP contribution in [0.5, 0.6) is 5.75 Å². The van der Waals surface area contributed by atoms with Crippen molar-refractivity contribution in [1.29, 1.82) is 0 Å². The Balaban J connectivity index is 1.73. The Kier molecular flexibility index (Phi) is 4.29. The van der Waals surface area contributed by atoms with Crippen molar-refractivity contribution in [3.63, 3.8) is 0 Å². The fourth-order valence-electron chi connectivity index (χ4n) is 2.20. The Morgan fingerprint density at radius 1 is 1.12 bits per heavy atom.